The molecule has 0 atom stereocenters. The van der Waals surface area contributed by atoms with Crippen molar-refractivity contribution in [3.63, 3.8) is 0 Å². The third kappa shape index (κ3) is 5.01. The summed E-state index contributed by atoms with van der Waals surface area (Å²) >= 11 is 0. The zero-order valence-electron chi connectivity index (χ0n) is 6.96. The van der Waals surface area contributed by atoms with Crippen LogP contribution in [0.2, 0.25) is 0 Å². The quantitative estimate of drug-likeness (QED) is 0.670. The molecule has 0 spiro atoms. The first-order valence-electron chi connectivity index (χ1n) is 3.71. The van der Waals surface area contributed by atoms with Crippen LogP contribution in [0.1, 0.15) is 12.8 Å². The third-order valence-corrected chi connectivity index (χ3v) is 1.39. The van der Waals surface area contributed by atoms with Crippen molar-refractivity contribution in [3.8, 4) is 0 Å². The molecule has 0 aliphatic rings. The molecular weight excluding hydrogens is 168 g/mol. The van der Waals surface area contributed by atoms with Crippen LogP contribution in [-0.2, 0) is 4.79 Å². The zero-order valence-corrected chi connectivity index (χ0v) is 6.96. The van der Waals surface area contributed by atoms with E-state index in [9.17, 15) is 13.6 Å². The van der Waals surface area contributed by atoms with E-state index in [0.29, 0.717) is 6.42 Å². The molecule has 0 aromatic carbocycles. The van der Waals surface area contributed by atoms with E-state index < -0.39 is 13.0 Å². The molecule has 1 N–H and O–H groups in total. The largest absolute Gasteiger partial charge is 0.396 e. The van der Waals surface area contributed by atoms with Crippen molar-refractivity contribution in [3.05, 3.63) is 0 Å². The van der Waals surface area contributed by atoms with Gasteiger partial charge in [0.2, 0.25) is 5.91 Å². The normalized spacial score (nSPS) is 10.4. The molecule has 0 unspecified atom stereocenters. The van der Waals surface area contributed by atoms with Gasteiger partial charge >= 0.3 is 0 Å². The number of carbonyl (C=O) groups is 1. The monoisotopic (exact) mass is 181 g/mol. The fourth-order valence-electron chi connectivity index (χ4n) is 0.730. The lowest BCUT2D eigenvalue weighted by atomic mass is 10.3. The maximum Gasteiger partial charge on any atom is 0.255 e. The summed E-state index contributed by atoms with van der Waals surface area (Å²) < 4.78 is 23.4. The minimum atomic E-state index is -2.49. The standard InChI is InChI=1S/C7H13F2NO2/c1-10(5-6(8)9)7(12)3-2-4-11/h6,11H,2-5H2,1H3. The van der Waals surface area contributed by atoms with E-state index in [0.717, 1.165) is 4.90 Å². The second kappa shape index (κ2) is 5.88. The molecule has 0 aliphatic carbocycles. The number of halogens is 2. The van der Waals surface area contributed by atoms with Crippen LogP contribution in [-0.4, -0.2) is 42.5 Å². The van der Waals surface area contributed by atoms with Crippen LogP contribution in [0, 0.1) is 0 Å². The van der Waals surface area contributed by atoms with Crippen molar-refractivity contribution in [2.75, 3.05) is 20.2 Å². The number of amides is 1. The first kappa shape index (κ1) is 11.3. The molecule has 0 saturated heterocycles. The summed E-state index contributed by atoms with van der Waals surface area (Å²) in [6, 6.07) is 0. The summed E-state index contributed by atoms with van der Waals surface area (Å²) in [7, 11) is 1.33. The zero-order chi connectivity index (χ0) is 9.56. The molecule has 0 aromatic heterocycles. The minimum absolute atomic E-state index is 0.0890. The minimum Gasteiger partial charge on any atom is -0.396 e. The lowest BCUT2D eigenvalue weighted by molar-refractivity contribution is -0.131. The molecular formula is C7H13F2NO2. The van der Waals surface area contributed by atoms with Gasteiger partial charge in [-0.25, -0.2) is 8.78 Å². The number of nitrogens with zero attached hydrogens (tertiary/aromatic N) is 1. The Labute approximate surface area is 70.0 Å². The van der Waals surface area contributed by atoms with Gasteiger partial charge in [0, 0.05) is 20.1 Å². The second-order valence-corrected chi connectivity index (χ2v) is 2.49. The van der Waals surface area contributed by atoms with E-state index >= 15 is 0 Å². The topological polar surface area (TPSA) is 40.5 Å². The van der Waals surface area contributed by atoms with Crippen molar-refractivity contribution < 1.29 is 18.7 Å². The number of hydrogen-bond donors (Lipinski definition) is 1. The van der Waals surface area contributed by atoms with E-state index in [1.165, 1.54) is 7.05 Å². The lowest BCUT2D eigenvalue weighted by Gasteiger charge is -2.15. The van der Waals surface area contributed by atoms with Crippen molar-refractivity contribution in [1.29, 1.82) is 0 Å². The molecule has 0 radical (unpaired) electrons. The summed E-state index contributed by atoms with van der Waals surface area (Å²) in [6.45, 7) is -0.626. The van der Waals surface area contributed by atoms with Gasteiger partial charge in [-0.2, -0.15) is 0 Å². The first-order chi connectivity index (χ1) is 5.57. The van der Waals surface area contributed by atoms with Crippen LogP contribution in [0.25, 0.3) is 0 Å². The summed E-state index contributed by atoms with van der Waals surface area (Å²) in [6.07, 6.45) is -2.04. The Balaban J connectivity index is 3.61. The fourth-order valence-corrected chi connectivity index (χ4v) is 0.730. The van der Waals surface area contributed by atoms with Gasteiger partial charge in [-0.3, -0.25) is 4.79 Å². The lowest BCUT2D eigenvalue weighted by Crippen LogP contribution is -2.31. The number of rotatable bonds is 5. The highest BCUT2D eigenvalue weighted by Crippen LogP contribution is 1.99. The van der Waals surface area contributed by atoms with Crippen LogP contribution >= 0.6 is 0 Å². The molecule has 0 fully saturated rings. The predicted molar refractivity (Wildman–Crippen MR) is 40.0 cm³/mol. The van der Waals surface area contributed by atoms with Crippen LogP contribution < -0.4 is 0 Å². The molecule has 0 rings (SSSR count). The van der Waals surface area contributed by atoms with E-state index in [1.54, 1.807) is 0 Å². The Kier molecular flexibility index (Phi) is 5.53. The van der Waals surface area contributed by atoms with Crippen molar-refractivity contribution in [2.24, 2.45) is 0 Å². The molecule has 0 bridgehead atoms. The van der Waals surface area contributed by atoms with Crippen molar-refractivity contribution in [2.45, 2.75) is 19.3 Å². The molecule has 0 aliphatic heterocycles. The predicted octanol–water partition coefficient (Wildman–Crippen LogP) is 0.482. The number of carbonyl (C=O) groups excluding carboxylic acids is 1. The van der Waals surface area contributed by atoms with E-state index in [1.807, 2.05) is 0 Å². The summed E-state index contributed by atoms with van der Waals surface area (Å²) in [5.74, 6) is -0.357. The summed E-state index contributed by atoms with van der Waals surface area (Å²) in [5.41, 5.74) is 0. The number of alkyl halides is 2. The molecule has 1 amide bonds. The molecule has 0 saturated carbocycles. The smallest absolute Gasteiger partial charge is 0.255 e. The number of aliphatic hydroxyl groups is 1. The van der Waals surface area contributed by atoms with Crippen LogP contribution in [0.3, 0.4) is 0 Å². The second-order valence-electron chi connectivity index (χ2n) is 2.49. The van der Waals surface area contributed by atoms with Gasteiger partial charge in [-0.05, 0) is 6.42 Å². The van der Waals surface area contributed by atoms with Gasteiger partial charge in [0.25, 0.3) is 6.43 Å². The van der Waals surface area contributed by atoms with Crippen molar-refractivity contribution in [1.82, 2.24) is 4.90 Å². The molecule has 0 heterocycles. The Morgan fingerprint density at radius 1 is 1.58 bits per heavy atom. The molecule has 12 heavy (non-hydrogen) atoms. The average Bonchev–Trinajstić information content (AvgIpc) is 1.98. The van der Waals surface area contributed by atoms with Gasteiger partial charge in [0.1, 0.15) is 0 Å². The Morgan fingerprint density at radius 2 is 2.17 bits per heavy atom. The van der Waals surface area contributed by atoms with Crippen LogP contribution in [0.15, 0.2) is 0 Å². The molecule has 5 heteroatoms. The van der Waals surface area contributed by atoms with Gasteiger partial charge in [0.05, 0.1) is 6.54 Å². The van der Waals surface area contributed by atoms with E-state index in [4.69, 9.17) is 5.11 Å². The Morgan fingerprint density at radius 3 is 2.58 bits per heavy atom. The van der Waals surface area contributed by atoms with E-state index in [-0.39, 0.29) is 18.9 Å². The van der Waals surface area contributed by atoms with Crippen molar-refractivity contribution >= 4 is 5.91 Å². The highest BCUT2D eigenvalue weighted by Gasteiger charge is 2.12. The summed E-state index contributed by atoms with van der Waals surface area (Å²) in [5, 5.41) is 8.36. The van der Waals surface area contributed by atoms with Gasteiger partial charge < -0.3 is 10.0 Å². The van der Waals surface area contributed by atoms with Gasteiger partial charge in [0.15, 0.2) is 0 Å². The van der Waals surface area contributed by atoms with Gasteiger partial charge in [-0.1, -0.05) is 0 Å². The maximum atomic E-state index is 11.7. The maximum absolute atomic E-state index is 11.7. The highest BCUT2D eigenvalue weighted by molar-refractivity contribution is 5.75. The molecule has 3 nitrogen and oxygen atoms in total. The third-order valence-electron chi connectivity index (χ3n) is 1.39. The van der Waals surface area contributed by atoms with Crippen LogP contribution in [0.5, 0.6) is 0 Å². The van der Waals surface area contributed by atoms with Crippen LogP contribution in [0.4, 0.5) is 8.78 Å². The summed E-state index contributed by atoms with van der Waals surface area (Å²) in [4.78, 5) is 11.9. The average molecular weight is 181 g/mol. The number of aliphatic hydroxyl groups excluding tert-OH is 1. The Bertz CT molecular complexity index is 141. The Hall–Kier alpha value is -0.710. The molecule has 72 valence electrons. The van der Waals surface area contributed by atoms with Gasteiger partial charge in [-0.15, -0.1) is 0 Å². The molecule has 0 aromatic rings. The highest BCUT2D eigenvalue weighted by atomic mass is 19.3. The van der Waals surface area contributed by atoms with E-state index in [2.05, 4.69) is 0 Å². The number of hydrogen-bond acceptors (Lipinski definition) is 2. The first-order valence-corrected chi connectivity index (χ1v) is 3.71. The fraction of sp³-hybridized carbons (Fsp3) is 0.857. The SMILES string of the molecule is CN(CC(F)F)C(=O)CCCO.